The van der Waals surface area contributed by atoms with Gasteiger partial charge in [0.1, 0.15) is 17.9 Å². The standard InChI is InChI=1S/C17H21N5O2/c1-11-4-5-15(24-3)13(8-11)12(2)21-16-14-9-20-22(6-7-23)17(14)19-10-18-16/h4-5,8-10,12,23H,6-7H2,1-3H3,(H,18,19,21)/t12-/m1/s1. The van der Waals surface area contributed by atoms with E-state index in [-0.39, 0.29) is 12.6 Å². The molecule has 0 bridgehead atoms. The van der Waals surface area contributed by atoms with Crippen molar-refractivity contribution < 1.29 is 9.84 Å². The molecule has 0 saturated carbocycles. The fourth-order valence-corrected chi connectivity index (χ4v) is 2.74. The van der Waals surface area contributed by atoms with Crippen molar-refractivity contribution in [3.05, 3.63) is 41.9 Å². The van der Waals surface area contributed by atoms with Gasteiger partial charge < -0.3 is 15.2 Å². The van der Waals surface area contributed by atoms with Crippen LogP contribution in [0.15, 0.2) is 30.7 Å². The van der Waals surface area contributed by atoms with E-state index in [1.165, 1.54) is 11.9 Å². The minimum absolute atomic E-state index is 0.000795. The van der Waals surface area contributed by atoms with E-state index in [4.69, 9.17) is 9.84 Å². The number of benzene rings is 1. The lowest BCUT2D eigenvalue weighted by molar-refractivity contribution is 0.271. The first-order chi connectivity index (χ1) is 11.6. The van der Waals surface area contributed by atoms with Crippen LogP contribution in [0.1, 0.15) is 24.1 Å². The molecule has 2 aromatic heterocycles. The Morgan fingerprint density at radius 3 is 2.92 bits per heavy atom. The summed E-state index contributed by atoms with van der Waals surface area (Å²) in [5.41, 5.74) is 2.93. The van der Waals surface area contributed by atoms with E-state index in [0.29, 0.717) is 18.0 Å². The Morgan fingerprint density at radius 2 is 2.17 bits per heavy atom. The molecule has 0 radical (unpaired) electrons. The molecule has 0 aliphatic heterocycles. The minimum atomic E-state index is -0.000795. The molecule has 0 aliphatic carbocycles. The summed E-state index contributed by atoms with van der Waals surface area (Å²) in [7, 11) is 1.67. The van der Waals surface area contributed by atoms with Gasteiger partial charge in [-0.05, 0) is 19.9 Å². The van der Waals surface area contributed by atoms with E-state index < -0.39 is 0 Å². The van der Waals surface area contributed by atoms with Gasteiger partial charge in [-0.2, -0.15) is 5.10 Å². The van der Waals surface area contributed by atoms with Crippen LogP contribution in [0.5, 0.6) is 5.75 Å². The number of aliphatic hydroxyl groups is 1. The molecular weight excluding hydrogens is 306 g/mol. The SMILES string of the molecule is COc1ccc(C)cc1[C@@H](C)Nc1ncnc2c1cnn2CCO. The van der Waals surface area contributed by atoms with Gasteiger partial charge in [-0.25, -0.2) is 14.6 Å². The van der Waals surface area contributed by atoms with Crippen LogP contribution in [-0.2, 0) is 6.54 Å². The zero-order valence-corrected chi connectivity index (χ0v) is 14.0. The highest BCUT2D eigenvalue weighted by Gasteiger charge is 2.15. The molecule has 24 heavy (non-hydrogen) atoms. The van der Waals surface area contributed by atoms with Crippen LogP contribution in [0.25, 0.3) is 11.0 Å². The van der Waals surface area contributed by atoms with E-state index in [1.807, 2.05) is 12.1 Å². The smallest absolute Gasteiger partial charge is 0.163 e. The Labute approximate surface area is 140 Å². The summed E-state index contributed by atoms with van der Waals surface area (Å²) in [5, 5.41) is 17.6. The fraction of sp³-hybridized carbons (Fsp3) is 0.353. The normalized spacial score (nSPS) is 12.3. The summed E-state index contributed by atoms with van der Waals surface area (Å²) >= 11 is 0. The number of aromatic nitrogens is 4. The van der Waals surface area contributed by atoms with Gasteiger partial charge in [0.05, 0.1) is 37.9 Å². The first-order valence-corrected chi connectivity index (χ1v) is 7.82. The van der Waals surface area contributed by atoms with Gasteiger partial charge in [-0.1, -0.05) is 17.7 Å². The van der Waals surface area contributed by atoms with E-state index >= 15 is 0 Å². The van der Waals surface area contributed by atoms with Crippen LogP contribution in [0.2, 0.25) is 0 Å². The number of hydrogen-bond acceptors (Lipinski definition) is 6. The van der Waals surface area contributed by atoms with Gasteiger partial charge in [0, 0.05) is 5.56 Å². The highest BCUT2D eigenvalue weighted by Crippen LogP contribution is 2.30. The summed E-state index contributed by atoms with van der Waals surface area (Å²) in [5.74, 6) is 1.54. The minimum Gasteiger partial charge on any atom is -0.496 e. The Kier molecular flexibility index (Phi) is 4.61. The number of anilines is 1. The van der Waals surface area contributed by atoms with Crippen LogP contribution in [0.3, 0.4) is 0 Å². The van der Waals surface area contributed by atoms with Gasteiger partial charge >= 0.3 is 0 Å². The van der Waals surface area contributed by atoms with E-state index in [9.17, 15) is 0 Å². The number of aliphatic hydroxyl groups excluding tert-OH is 1. The lowest BCUT2D eigenvalue weighted by atomic mass is 10.0. The topological polar surface area (TPSA) is 85.1 Å². The monoisotopic (exact) mass is 327 g/mol. The molecule has 1 atom stereocenters. The third-order valence-electron chi connectivity index (χ3n) is 3.95. The largest absolute Gasteiger partial charge is 0.496 e. The van der Waals surface area contributed by atoms with Crippen molar-refractivity contribution in [2.45, 2.75) is 26.4 Å². The quantitative estimate of drug-likeness (QED) is 0.723. The van der Waals surface area contributed by atoms with E-state index in [1.54, 1.807) is 18.0 Å². The lowest BCUT2D eigenvalue weighted by Gasteiger charge is -2.18. The van der Waals surface area contributed by atoms with Crippen LogP contribution >= 0.6 is 0 Å². The summed E-state index contributed by atoms with van der Waals surface area (Å²) in [6.07, 6.45) is 3.22. The number of nitrogens with zero attached hydrogens (tertiary/aromatic N) is 4. The third kappa shape index (κ3) is 3.03. The number of rotatable bonds is 6. The summed E-state index contributed by atoms with van der Waals surface area (Å²) < 4.78 is 7.13. The molecule has 7 heteroatoms. The second-order valence-corrected chi connectivity index (χ2v) is 5.66. The zero-order valence-electron chi connectivity index (χ0n) is 14.0. The first-order valence-electron chi connectivity index (χ1n) is 7.82. The van der Waals surface area contributed by atoms with E-state index in [0.717, 1.165) is 16.7 Å². The molecule has 1 aromatic carbocycles. The van der Waals surface area contributed by atoms with Crippen molar-refractivity contribution in [3.8, 4) is 5.75 Å². The average molecular weight is 327 g/mol. The molecule has 0 spiro atoms. The lowest BCUT2D eigenvalue weighted by Crippen LogP contribution is -2.10. The Bertz CT molecular complexity index is 846. The highest BCUT2D eigenvalue weighted by atomic mass is 16.5. The summed E-state index contributed by atoms with van der Waals surface area (Å²) in [6.45, 7) is 4.53. The maximum Gasteiger partial charge on any atom is 0.163 e. The number of aryl methyl sites for hydroxylation is 1. The Balaban J connectivity index is 1.94. The summed E-state index contributed by atoms with van der Waals surface area (Å²) in [6, 6.07) is 6.10. The number of hydrogen-bond donors (Lipinski definition) is 2. The van der Waals surface area contributed by atoms with Gasteiger partial charge in [-0.3, -0.25) is 0 Å². The first kappa shape index (κ1) is 16.2. The molecule has 2 heterocycles. The molecule has 3 aromatic rings. The number of methoxy groups -OCH3 is 1. The van der Waals surface area contributed by atoms with Crippen LogP contribution in [-0.4, -0.2) is 38.6 Å². The molecule has 3 rings (SSSR count). The van der Waals surface area contributed by atoms with Crippen molar-refractivity contribution in [1.82, 2.24) is 19.7 Å². The molecule has 0 aliphatic rings. The molecule has 7 nitrogen and oxygen atoms in total. The molecule has 126 valence electrons. The average Bonchev–Trinajstić information content (AvgIpc) is 2.99. The third-order valence-corrected chi connectivity index (χ3v) is 3.95. The van der Waals surface area contributed by atoms with Crippen molar-refractivity contribution >= 4 is 16.9 Å². The maximum atomic E-state index is 9.11. The zero-order chi connectivity index (χ0) is 17.1. The van der Waals surface area contributed by atoms with Crippen molar-refractivity contribution in [2.75, 3.05) is 19.0 Å². The number of fused-ring (bicyclic) bond motifs is 1. The van der Waals surface area contributed by atoms with Crippen molar-refractivity contribution in [2.24, 2.45) is 0 Å². The summed E-state index contributed by atoms with van der Waals surface area (Å²) in [4.78, 5) is 8.61. The van der Waals surface area contributed by atoms with Crippen LogP contribution in [0, 0.1) is 6.92 Å². The highest BCUT2D eigenvalue weighted by molar-refractivity contribution is 5.86. The maximum absolute atomic E-state index is 9.11. The van der Waals surface area contributed by atoms with Crippen molar-refractivity contribution in [1.29, 1.82) is 0 Å². The van der Waals surface area contributed by atoms with Crippen LogP contribution in [0.4, 0.5) is 5.82 Å². The molecule has 0 unspecified atom stereocenters. The molecule has 0 fully saturated rings. The van der Waals surface area contributed by atoms with Crippen molar-refractivity contribution in [3.63, 3.8) is 0 Å². The van der Waals surface area contributed by atoms with Gasteiger partial charge in [-0.15, -0.1) is 0 Å². The molecule has 0 saturated heterocycles. The predicted molar refractivity (Wildman–Crippen MR) is 92.2 cm³/mol. The Hall–Kier alpha value is -2.67. The van der Waals surface area contributed by atoms with Gasteiger partial charge in [0.15, 0.2) is 5.65 Å². The molecular formula is C17H21N5O2. The van der Waals surface area contributed by atoms with Crippen LogP contribution < -0.4 is 10.1 Å². The number of nitrogens with one attached hydrogen (secondary N) is 1. The number of ether oxygens (including phenoxy) is 1. The second-order valence-electron chi connectivity index (χ2n) is 5.66. The van der Waals surface area contributed by atoms with Gasteiger partial charge in [0.2, 0.25) is 0 Å². The predicted octanol–water partition coefficient (Wildman–Crippen LogP) is 2.31. The van der Waals surface area contributed by atoms with E-state index in [2.05, 4.69) is 40.3 Å². The molecule has 0 amide bonds. The fourth-order valence-electron chi connectivity index (χ4n) is 2.74. The Morgan fingerprint density at radius 1 is 1.33 bits per heavy atom. The molecule has 2 N–H and O–H groups in total. The second kappa shape index (κ2) is 6.84. The van der Waals surface area contributed by atoms with Gasteiger partial charge in [0.25, 0.3) is 0 Å².